The summed E-state index contributed by atoms with van der Waals surface area (Å²) in [5, 5.41) is 18.8. The fraction of sp³-hybridized carbons (Fsp3) is 0.364. The van der Waals surface area contributed by atoms with Crippen molar-refractivity contribution in [2.75, 3.05) is 7.11 Å². The molecule has 0 aromatic heterocycles. The first-order valence-corrected chi connectivity index (χ1v) is 4.59. The van der Waals surface area contributed by atoms with Crippen LogP contribution in [0, 0.1) is 6.92 Å². The van der Waals surface area contributed by atoms with Crippen LogP contribution in [0.3, 0.4) is 0 Å². The number of benzene rings is 1. The summed E-state index contributed by atoms with van der Waals surface area (Å²) in [4.78, 5) is 10.9. The average Bonchev–Trinajstić information content (AvgIpc) is 2.22. The highest BCUT2D eigenvalue weighted by molar-refractivity contribution is 5.74. The van der Waals surface area contributed by atoms with Crippen LogP contribution in [0.1, 0.15) is 11.1 Å². The van der Waals surface area contributed by atoms with Gasteiger partial charge in [0.25, 0.3) is 0 Å². The molecule has 1 rings (SSSR count). The SMILES string of the molecule is COC(=O)C(O)Cc1ccc(C)c(O)c1. The van der Waals surface area contributed by atoms with E-state index in [1.54, 1.807) is 19.1 Å². The van der Waals surface area contributed by atoms with Crippen LogP contribution in [0.25, 0.3) is 0 Å². The number of aliphatic hydroxyl groups is 1. The molecule has 0 saturated carbocycles. The number of aliphatic hydroxyl groups excluding tert-OH is 1. The Labute approximate surface area is 88.1 Å². The number of phenolic OH excluding ortho intramolecular Hbond substituents is 1. The quantitative estimate of drug-likeness (QED) is 0.723. The molecule has 2 N–H and O–H groups in total. The molecule has 15 heavy (non-hydrogen) atoms. The Morgan fingerprint density at radius 1 is 1.53 bits per heavy atom. The van der Waals surface area contributed by atoms with E-state index in [2.05, 4.69) is 4.74 Å². The molecule has 1 aromatic rings. The molecule has 0 bridgehead atoms. The molecular weight excluding hydrogens is 196 g/mol. The summed E-state index contributed by atoms with van der Waals surface area (Å²) in [6, 6.07) is 5.01. The van der Waals surface area contributed by atoms with Gasteiger partial charge in [0, 0.05) is 6.42 Å². The molecule has 0 radical (unpaired) electrons. The third kappa shape index (κ3) is 2.95. The van der Waals surface area contributed by atoms with Crippen molar-refractivity contribution >= 4 is 5.97 Å². The lowest BCUT2D eigenvalue weighted by molar-refractivity contribution is -0.150. The number of hydrogen-bond donors (Lipinski definition) is 2. The summed E-state index contributed by atoms with van der Waals surface area (Å²) in [5.74, 6) is -0.514. The zero-order valence-electron chi connectivity index (χ0n) is 8.73. The maximum atomic E-state index is 10.9. The summed E-state index contributed by atoms with van der Waals surface area (Å²) in [7, 11) is 1.22. The molecular formula is C11H14O4. The van der Waals surface area contributed by atoms with Crippen LogP contribution in [-0.2, 0) is 16.0 Å². The minimum Gasteiger partial charge on any atom is -0.508 e. The van der Waals surface area contributed by atoms with E-state index >= 15 is 0 Å². The first kappa shape index (κ1) is 11.5. The lowest BCUT2D eigenvalue weighted by atomic mass is 10.1. The molecule has 0 aliphatic heterocycles. The van der Waals surface area contributed by atoms with Crippen molar-refractivity contribution in [3.63, 3.8) is 0 Å². The molecule has 82 valence electrons. The van der Waals surface area contributed by atoms with E-state index in [9.17, 15) is 15.0 Å². The van der Waals surface area contributed by atoms with Crippen molar-refractivity contribution in [2.45, 2.75) is 19.4 Å². The minimum atomic E-state index is -1.18. The van der Waals surface area contributed by atoms with Gasteiger partial charge in [-0.05, 0) is 24.1 Å². The summed E-state index contributed by atoms with van der Waals surface area (Å²) in [6.07, 6.45) is -1.04. The molecule has 1 atom stereocenters. The van der Waals surface area contributed by atoms with Crippen molar-refractivity contribution in [2.24, 2.45) is 0 Å². The van der Waals surface area contributed by atoms with E-state index in [1.165, 1.54) is 13.2 Å². The zero-order chi connectivity index (χ0) is 11.4. The van der Waals surface area contributed by atoms with Crippen LogP contribution in [0.15, 0.2) is 18.2 Å². The highest BCUT2D eigenvalue weighted by Gasteiger charge is 2.16. The molecule has 0 fully saturated rings. The highest BCUT2D eigenvalue weighted by atomic mass is 16.5. The van der Waals surface area contributed by atoms with Gasteiger partial charge in [0.05, 0.1) is 7.11 Å². The fourth-order valence-electron chi connectivity index (χ4n) is 1.22. The van der Waals surface area contributed by atoms with Crippen molar-refractivity contribution < 1.29 is 19.7 Å². The van der Waals surface area contributed by atoms with Gasteiger partial charge in [-0.25, -0.2) is 4.79 Å². The molecule has 0 aliphatic rings. The summed E-state index contributed by atoms with van der Waals surface area (Å²) >= 11 is 0. The van der Waals surface area contributed by atoms with Gasteiger partial charge >= 0.3 is 5.97 Å². The zero-order valence-corrected chi connectivity index (χ0v) is 8.73. The number of aromatic hydroxyl groups is 1. The smallest absolute Gasteiger partial charge is 0.335 e. The number of rotatable bonds is 3. The number of hydrogen-bond acceptors (Lipinski definition) is 4. The molecule has 1 unspecified atom stereocenters. The number of methoxy groups -OCH3 is 1. The Hall–Kier alpha value is -1.55. The van der Waals surface area contributed by atoms with Crippen molar-refractivity contribution in [3.05, 3.63) is 29.3 Å². The lowest BCUT2D eigenvalue weighted by Gasteiger charge is -2.09. The highest BCUT2D eigenvalue weighted by Crippen LogP contribution is 2.18. The molecule has 0 spiro atoms. The Bertz CT molecular complexity index is 360. The number of ether oxygens (including phenoxy) is 1. The van der Waals surface area contributed by atoms with Crippen LogP contribution >= 0.6 is 0 Å². The molecule has 1 aromatic carbocycles. The summed E-state index contributed by atoms with van der Waals surface area (Å²) < 4.78 is 4.39. The first-order valence-electron chi connectivity index (χ1n) is 4.59. The normalized spacial score (nSPS) is 12.2. The van der Waals surface area contributed by atoms with E-state index < -0.39 is 12.1 Å². The van der Waals surface area contributed by atoms with Gasteiger partial charge in [0.1, 0.15) is 5.75 Å². The van der Waals surface area contributed by atoms with Crippen molar-refractivity contribution in [1.82, 2.24) is 0 Å². The van der Waals surface area contributed by atoms with Crippen LogP contribution < -0.4 is 0 Å². The van der Waals surface area contributed by atoms with Gasteiger partial charge in [0.2, 0.25) is 0 Å². The van der Waals surface area contributed by atoms with E-state index in [0.29, 0.717) is 5.56 Å². The number of carbonyl (C=O) groups excluding carboxylic acids is 1. The summed E-state index contributed by atoms with van der Waals surface area (Å²) in [5.41, 5.74) is 1.45. The third-order valence-corrected chi connectivity index (χ3v) is 2.18. The third-order valence-electron chi connectivity index (χ3n) is 2.18. The predicted molar refractivity (Wildman–Crippen MR) is 54.6 cm³/mol. The Morgan fingerprint density at radius 3 is 2.73 bits per heavy atom. The number of carbonyl (C=O) groups is 1. The minimum absolute atomic E-state index is 0.139. The maximum Gasteiger partial charge on any atom is 0.335 e. The monoisotopic (exact) mass is 210 g/mol. The van der Waals surface area contributed by atoms with Crippen LogP contribution in [0.2, 0.25) is 0 Å². The topological polar surface area (TPSA) is 66.8 Å². The second-order valence-corrected chi connectivity index (χ2v) is 3.36. The Morgan fingerprint density at radius 2 is 2.20 bits per heavy atom. The summed E-state index contributed by atoms with van der Waals surface area (Å²) in [6.45, 7) is 1.77. The van der Waals surface area contributed by atoms with E-state index in [1.807, 2.05) is 0 Å². The van der Waals surface area contributed by atoms with E-state index in [-0.39, 0.29) is 12.2 Å². The fourth-order valence-corrected chi connectivity index (χ4v) is 1.22. The van der Waals surface area contributed by atoms with Crippen molar-refractivity contribution in [3.8, 4) is 5.75 Å². The van der Waals surface area contributed by atoms with Crippen LogP contribution in [0.5, 0.6) is 5.75 Å². The molecule has 4 nitrogen and oxygen atoms in total. The van der Waals surface area contributed by atoms with Crippen LogP contribution in [0.4, 0.5) is 0 Å². The molecule has 0 saturated heterocycles. The van der Waals surface area contributed by atoms with Gasteiger partial charge in [0.15, 0.2) is 6.10 Å². The maximum absolute atomic E-state index is 10.9. The second kappa shape index (κ2) is 4.79. The molecule has 4 heteroatoms. The van der Waals surface area contributed by atoms with Gasteiger partial charge in [-0.15, -0.1) is 0 Å². The van der Waals surface area contributed by atoms with Gasteiger partial charge < -0.3 is 14.9 Å². The van der Waals surface area contributed by atoms with Gasteiger partial charge in [-0.1, -0.05) is 12.1 Å². The molecule has 0 amide bonds. The average molecular weight is 210 g/mol. The van der Waals surface area contributed by atoms with E-state index in [4.69, 9.17) is 0 Å². The Kier molecular flexibility index (Phi) is 3.68. The van der Waals surface area contributed by atoms with Gasteiger partial charge in [-0.3, -0.25) is 0 Å². The van der Waals surface area contributed by atoms with Gasteiger partial charge in [-0.2, -0.15) is 0 Å². The predicted octanol–water partition coefficient (Wildman–Crippen LogP) is 0.777. The number of aryl methyl sites for hydroxylation is 1. The molecule has 0 heterocycles. The number of esters is 1. The first-order chi connectivity index (χ1) is 7.04. The second-order valence-electron chi connectivity index (χ2n) is 3.36. The Balaban J connectivity index is 2.73. The lowest BCUT2D eigenvalue weighted by Crippen LogP contribution is -2.24. The number of phenols is 1. The largest absolute Gasteiger partial charge is 0.508 e. The van der Waals surface area contributed by atoms with E-state index in [0.717, 1.165) is 5.56 Å². The van der Waals surface area contributed by atoms with Crippen LogP contribution in [-0.4, -0.2) is 29.4 Å². The molecule has 0 aliphatic carbocycles. The standard InChI is InChI=1S/C11H14O4/c1-7-3-4-8(5-9(7)12)6-10(13)11(14)15-2/h3-5,10,12-13H,6H2,1-2H3. The van der Waals surface area contributed by atoms with Crippen molar-refractivity contribution in [1.29, 1.82) is 0 Å².